The summed E-state index contributed by atoms with van der Waals surface area (Å²) in [4.78, 5) is 18.4. The lowest BCUT2D eigenvalue weighted by Gasteiger charge is -2.06. The van der Waals surface area contributed by atoms with E-state index in [2.05, 4.69) is 133 Å². The second-order valence-corrected chi connectivity index (χ2v) is 13.4. The minimum atomic E-state index is 0. The fourth-order valence-electron chi connectivity index (χ4n) is 7.33. The number of hydrogen-bond acceptors (Lipinski definition) is 2. The molecular formula is C48H38Br4N8. The molecule has 0 aromatic carbocycles. The number of nitrogens with zero attached hydrogens (tertiary/aromatic N) is 6. The van der Waals surface area contributed by atoms with Crippen LogP contribution in [-0.4, -0.2) is 19.9 Å². The average Bonchev–Trinajstić information content (AvgIpc) is 4.10. The van der Waals surface area contributed by atoms with Gasteiger partial charge in [0.2, 0.25) is 0 Å². The molecule has 7 aromatic rings. The Hall–Kier alpha value is -5.92. The van der Waals surface area contributed by atoms with Gasteiger partial charge in [-0.15, -0.1) is 0 Å². The molecule has 12 heteroatoms. The van der Waals surface area contributed by atoms with Gasteiger partial charge in [0, 0.05) is 92.9 Å². The fourth-order valence-corrected chi connectivity index (χ4v) is 7.33. The fraction of sp³-hybridized carbons (Fsp3) is 0. The Balaban J connectivity index is 0.00000171. The minimum absolute atomic E-state index is 0. The predicted octanol–water partition coefficient (Wildman–Crippen LogP) is -3.11. The van der Waals surface area contributed by atoms with Gasteiger partial charge in [0.1, 0.15) is 0 Å². The molecule has 0 saturated heterocycles. The van der Waals surface area contributed by atoms with Crippen LogP contribution < -0.4 is 86.2 Å². The Morgan fingerprint density at radius 2 is 0.533 bits per heavy atom. The number of halogens is 4. The third kappa shape index (κ3) is 8.55. The van der Waals surface area contributed by atoms with Crippen molar-refractivity contribution in [2.75, 3.05) is 0 Å². The summed E-state index contributed by atoms with van der Waals surface area (Å²) in [5, 5.41) is 0. The normalized spacial score (nSPS) is 10.9. The summed E-state index contributed by atoms with van der Waals surface area (Å²) in [6.07, 6.45) is 31.5. The number of aromatic amines is 2. The quantitative estimate of drug-likeness (QED) is 0.159. The first-order chi connectivity index (χ1) is 27.5. The highest BCUT2D eigenvalue weighted by Crippen LogP contribution is 2.38. The predicted molar refractivity (Wildman–Crippen MR) is 227 cm³/mol. The van der Waals surface area contributed by atoms with E-state index in [1.54, 1.807) is 24.8 Å². The lowest BCUT2D eigenvalue weighted by atomic mass is 10.0. The molecule has 0 radical (unpaired) electrons. The molecule has 0 atom stereocenters. The molecule has 9 heterocycles. The van der Waals surface area contributed by atoms with E-state index in [4.69, 9.17) is 9.97 Å². The molecule has 2 aliphatic heterocycles. The number of pyridine rings is 4. The number of H-pyrrole nitrogens is 2. The molecule has 0 aliphatic carbocycles. The smallest absolute Gasteiger partial charge is 0.175 e. The topological polar surface area (TPSA) is 72.9 Å². The van der Waals surface area contributed by atoms with Crippen LogP contribution in [0.5, 0.6) is 0 Å². The number of fused-ring (bicyclic) bond motifs is 8. The van der Waals surface area contributed by atoms with Crippen molar-refractivity contribution >= 4 is 71.2 Å². The molecule has 8 bridgehead atoms. The van der Waals surface area contributed by atoms with Gasteiger partial charge in [0.05, 0.1) is 22.8 Å². The van der Waals surface area contributed by atoms with Crippen LogP contribution in [0.3, 0.4) is 0 Å². The van der Waals surface area contributed by atoms with Crippen molar-refractivity contribution < 1.29 is 86.2 Å². The van der Waals surface area contributed by atoms with Crippen LogP contribution in [-0.2, 0) is 0 Å². The summed E-state index contributed by atoms with van der Waals surface area (Å²) in [5.74, 6) is 0. The van der Waals surface area contributed by atoms with Crippen LogP contribution in [0, 0.1) is 0 Å². The monoisotopic (exact) mass is 1040 g/mol. The van der Waals surface area contributed by atoms with Gasteiger partial charge in [-0.3, -0.25) is 0 Å². The Bertz CT molecular complexity index is 2570. The molecule has 2 aliphatic rings. The van der Waals surface area contributed by atoms with E-state index in [1.807, 2.05) is 67.8 Å². The van der Waals surface area contributed by atoms with E-state index in [-0.39, 0.29) is 67.9 Å². The summed E-state index contributed by atoms with van der Waals surface area (Å²) in [6.45, 7) is 15.8. The molecule has 8 nitrogen and oxygen atoms in total. The highest BCUT2D eigenvalue weighted by Gasteiger charge is 2.20. The zero-order valence-electron chi connectivity index (χ0n) is 32.2. The van der Waals surface area contributed by atoms with Crippen molar-refractivity contribution in [1.29, 1.82) is 0 Å². The molecule has 2 N–H and O–H groups in total. The van der Waals surface area contributed by atoms with Crippen LogP contribution >= 0.6 is 0 Å². The Morgan fingerprint density at radius 1 is 0.333 bits per heavy atom. The first-order valence-corrected chi connectivity index (χ1v) is 18.2. The van der Waals surface area contributed by atoms with Crippen LogP contribution in [0.15, 0.2) is 149 Å². The second kappa shape index (κ2) is 19.4. The van der Waals surface area contributed by atoms with Gasteiger partial charge in [-0.25, -0.2) is 9.97 Å². The maximum Gasteiger partial charge on any atom is 0.175 e. The second-order valence-electron chi connectivity index (χ2n) is 13.4. The van der Waals surface area contributed by atoms with Crippen LogP contribution in [0.25, 0.3) is 116 Å². The van der Waals surface area contributed by atoms with Crippen LogP contribution in [0.1, 0.15) is 22.8 Å². The molecular weight excluding hydrogens is 1010 g/mol. The maximum atomic E-state index is 5.39. The van der Waals surface area contributed by atoms with Gasteiger partial charge >= 0.3 is 0 Å². The molecule has 9 rings (SSSR count). The van der Waals surface area contributed by atoms with Gasteiger partial charge in [-0.05, 0) is 97.1 Å². The molecule has 0 spiro atoms. The zero-order chi connectivity index (χ0) is 38.2. The molecule has 0 amide bonds. The van der Waals surface area contributed by atoms with E-state index >= 15 is 0 Å². The minimum Gasteiger partial charge on any atom is -1.00 e. The van der Waals surface area contributed by atoms with E-state index in [9.17, 15) is 0 Å². The van der Waals surface area contributed by atoms with Gasteiger partial charge < -0.3 is 77.9 Å². The van der Waals surface area contributed by atoms with Gasteiger partial charge in [-0.1, -0.05) is 0 Å². The third-order valence-electron chi connectivity index (χ3n) is 10.2. The van der Waals surface area contributed by atoms with Crippen molar-refractivity contribution in [2.45, 2.75) is 0 Å². The number of rotatable bonds is 8. The number of aromatic nitrogens is 8. The molecule has 298 valence electrons. The summed E-state index contributed by atoms with van der Waals surface area (Å²) in [5.41, 5.74) is 15.0. The Labute approximate surface area is 390 Å². The van der Waals surface area contributed by atoms with Gasteiger partial charge in [0.15, 0.2) is 74.4 Å². The average molecular weight is 1050 g/mol. The van der Waals surface area contributed by atoms with Crippen molar-refractivity contribution in [1.82, 2.24) is 19.9 Å². The molecule has 0 saturated carbocycles. The van der Waals surface area contributed by atoms with Crippen LogP contribution in [0.2, 0.25) is 0 Å². The lowest BCUT2D eigenvalue weighted by molar-refractivity contribution is -0.568. The standard InChI is InChI=1S/C48H37N8.4BrH/c1-5-53-25-17-33(18-26-53)45-37-9-11-39(49-37)46(34-19-27-54(6-2)28-20-34)41-13-15-43(51-41)48(36-23-31-56(8-4)32-24-36)44-16-14-42(52-44)47(40-12-10-38(45)50-40)35-21-29-55(7-3)30-22-35;;;;/h5-32H,1-4H2,(H,49,50,51,52);4*1H/q+3;;;;/p-3. The zero-order valence-corrected chi connectivity index (χ0v) is 38.5. The largest absolute Gasteiger partial charge is 1.00 e. The Morgan fingerprint density at radius 3 is 0.717 bits per heavy atom. The maximum absolute atomic E-state index is 5.39. The number of nitrogens with one attached hydrogen (secondary N) is 2. The van der Waals surface area contributed by atoms with Crippen molar-refractivity contribution in [3.8, 4) is 44.5 Å². The molecule has 0 unspecified atom stereocenters. The van der Waals surface area contributed by atoms with Crippen molar-refractivity contribution in [2.24, 2.45) is 0 Å². The van der Waals surface area contributed by atoms with Crippen molar-refractivity contribution in [3.63, 3.8) is 0 Å². The van der Waals surface area contributed by atoms with Gasteiger partial charge in [0.25, 0.3) is 0 Å². The van der Waals surface area contributed by atoms with E-state index < -0.39 is 0 Å². The van der Waals surface area contributed by atoms with Crippen LogP contribution in [0.4, 0.5) is 0 Å². The Kier molecular flexibility index (Phi) is 14.6. The summed E-state index contributed by atoms with van der Waals surface area (Å²) < 4.78 is 7.71. The summed E-state index contributed by atoms with van der Waals surface area (Å²) in [7, 11) is 0. The SMILES string of the molecule is C=C[n+]1ccc(-c2c3nc(c(-c4cc[n+](C=C)cc4)c4ccc([nH]4)c(-c4cc[n+](C=C)cc4)c4nc(c(-c5cc[n+](C=C)cc5)c5ccc2[nH]5)C=C4)C=C3)cc1.[Br-].[Br-].[Br-].[Br-]. The first-order valence-electron chi connectivity index (χ1n) is 18.2. The molecule has 60 heavy (non-hydrogen) atoms. The third-order valence-corrected chi connectivity index (χ3v) is 10.2. The molecule has 7 aromatic heterocycles. The van der Waals surface area contributed by atoms with Crippen molar-refractivity contribution in [3.05, 3.63) is 171 Å². The van der Waals surface area contributed by atoms with E-state index in [1.165, 1.54) is 0 Å². The number of hydrogen-bond donors (Lipinski definition) is 2. The summed E-state index contributed by atoms with van der Waals surface area (Å²) >= 11 is 0. The van der Waals surface area contributed by atoms with E-state index in [0.717, 1.165) is 89.4 Å². The highest BCUT2D eigenvalue weighted by atomic mass is 79.9. The first kappa shape index (κ1) is 45.2. The highest BCUT2D eigenvalue weighted by molar-refractivity contribution is 5.99. The van der Waals surface area contributed by atoms with E-state index in [0.29, 0.717) is 0 Å². The molecule has 0 fully saturated rings. The lowest BCUT2D eigenvalue weighted by Crippen LogP contribution is -3.00. The van der Waals surface area contributed by atoms with Gasteiger partial charge in [-0.2, -0.15) is 18.3 Å². The summed E-state index contributed by atoms with van der Waals surface area (Å²) in [6, 6.07) is 25.3.